The van der Waals surface area contributed by atoms with E-state index in [1.165, 1.54) is 24.3 Å². The third-order valence-electron chi connectivity index (χ3n) is 3.51. The van der Waals surface area contributed by atoms with Gasteiger partial charge in [-0.15, -0.1) is 0 Å². The Morgan fingerprint density at radius 2 is 1.71 bits per heavy atom. The molecular formula is C17H12F3NO3. The van der Waals surface area contributed by atoms with E-state index in [4.69, 9.17) is 4.42 Å². The smallest absolute Gasteiger partial charge is 0.287 e. The maximum Gasteiger partial charge on any atom is 0.287 e. The van der Waals surface area contributed by atoms with E-state index in [0.717, 1.165) is 12.1 Å². The molecule has 1 unspecified atom stereocenters. The van der Waals surface area contributed by atoms with E-state index in [1.54, 1.807) is 6.07 Å². The Morgan fingerprint density at radius 3 is 2.38 bits per heavy atom. The normalized spacial score (nSPS) is 12.3. The molecule has 1 amide bonds. The predicted molar refractivity (Wildman–Crippen MR) is 79.8 cm³/mol. The fourth-order valence-corrected chi connectivity index (χ4v) is 2.35. The number of benzene rings is 2. The number of amides is 1. The van der Waals surface area contributed by atoms with Gasteiger partial charge in [-0.3, -0.25) is 4.79 Å². The minimum Gasteiger partial charge on any atom is -0.448 e. The van der Waals surface area contributed by atoms with Crippen LogP contribution >= 0.6 is 0 Å². The van der Waals surface area contributed by atoms with Crippen molar-refractivity contribution in [1.29, 1.82) is 0 Å². The van der Waals surface area contributed by atoms with Gasteiger partial charge in [-0.05, 0) is 24.3 Å². The number of para-hydroxylation sites is 1. The van der Waals surface area contributed by atoms with Crippen molar-refractivity contribution < 1.29 is 27.5 Å². The number of carbonyl (C=O) groups is 1. The van der Waals surface area contributed by atoms with Crippen LogP contribution in [0.4, 0.5) is 13.2 Å². The highest BCUT2D eigenvalue weighted by atomic mass is 19.1. The summed E-state index contributed by atoms with van der Waals surface area (Å²) in [5.74, 6) is -3.34. The molecule has 0 aliphatic rings. The molecule has 0 aliphatic carbocycles. The summed E-state index contributed by atoms with van der Waals surface area (Å²) < 4.78 is 45.8. The maximum absolute atomic E-state index is 13.6. The van der Waals surface area contributed by atoms with Crippen LogP contribution in [0.15, 0.2) is 46.9 Å². The first-order valence-electron chi connectivity index (χ1n) is 7.05. The maximum atomic E-state index is 13.6. The highest BCUT2D eigenvalue weighted by Crippen LogP contribution is 2.23. The summed E-state index contributed by atoms with van der Waals surface area (Å²) in [5.41, 5.74) is -0.600. The number of furan rings is 1. The molecule has 0 saturated heterocycles. The Kier molecular flexibility index (Phi) is 4.26. The third-order valence-corrected chi connectivity index (χ3v) is 3.51. The van der Waals surface area contributed by atoms with Crippen LogP contribution in [0, 0.1) is 17.5 Å². The van der Waals surface area contributed by atoms with Gasteiger partial charge in [-0.25, -0.2) is 13.2 Å². The second-order valence-electron chi connectivity index (χ2n) is 5.13. The van der Waals surface area contributed by atoms with Crippen LogP contribution in [0.3, 0.4) is 0 Å². The zero-order valence-corrected chi connectivity index (χ0v) is 12.2. The van der Waals surface area contributed by atoms with Gasteiger partial charge in [0.1, 0.15) is 17.7 Å². The Labute approximate surface area is 134 Å². The monoisotopic (exact) mass is 335 g/mol. The summed E-state index contributed by atoms with van der Waals surface area (Å²) in [6.45, 7) is -0.434. The van der Waals surface area contributed by atoms with E-state index in [1.807, 2.05) is 0 Å². The Hall–Kier alpha value is -2.80. The number of halogens is 3. The average molecular weight is 335 g/mol. The number of carbonyl (C=O) groups excluding carboxylic acids is 1. The first kappa shape index (κ1) is 16.1. The summed E-state index contributed by atoms with van der Waals surface area (Å²) in [6.07, 6.45) is -1.57. The quantitative estimate of drug-likeness (QED) is 0.769. The average Bonchev–Trinajstić information content (AvgIpc) is 2.98. The van der Waals surface area contributed by atoms with Gasteiger partial charge in [0, 0.05) is 11.9 Å². The van der Waals surface area contributed by atoms with Crippen LogP contribution in [0.5, 0.6) is 0 Å². The predicted octanol–water partition coefficient (Wildman–Crippen LogP) is 3.31. The van der Waals surface area contributed by atoms with Gasteiger partial charge in [0.25, 0.3) is 5.91 Å². The van der Waals surface area contributed by atoms with Crippen molar-refractivity contribution in [2.75, 3.05) is 6.54 Å². The van der Waals surface area contributed by atoms with Crippen molar-refractivity contribution in [1.82, 2.24) is 5.32 Å². The molecule has 2 aromatic carbocycles. The van der Waals surface area contributed by atoms with Crippen LogP contribution < -0.4 is 5.32 Å². The fraction of sp³-hybridized carbons (Fsp3) is 0.118. The molecule has 3 rings (SSSR count). The molecule has 0 aliphatic heterocycles. The minimum absolute atomic E-state index is 0.0663. The van der Waals surface area contributed by atoms with Crippen LogP contribution in [0.1, 0.15) is 22.2 Å². The van der Waals surface area contributed by atoms with Crippen molar-refractivity contribution >= 4 is 16.9 Å². The minimum atomic E-state index is -1.57. The highest BCUT2D eigenvalue weighted by Gasteiger charge is 2.20. The van der Waals surface area contributed by atoms with Crippen LogP contribution in [0.2, 0.25) is 0 Å². The lowest BCUT2D eigenvalue weighted by Crippen LogP contribution is -2.28. The van der Waals surface area contributed by atoms with Crippen molar-refractivity contribution in [3.05, 3.63) is 71.2 Å². The standard InChI is InChI=1S/C17H12F3NO3/c18-10-4-2-5-11(19)15(10)13(22)8-21-17(23)14-7-9-3-1-6-12(20)16(9)24-14/h1-7,13,22H,8H2,(H,21,23). The summed E-state index contributed by atoms with van der Waals surface area (Å²) in [7, 11) is 0. The molecule has 0 fully saturated rings. The molecule has 1 aromatic heterocycles. The number of hydrogen-bond donors (Lipinski definition) is 2. The number of fused-ring (bicyclic) bond motifs is 1. The Bertz CT molecular complexity index is 887. The topological polar surface area (TPSA) is 62.5 Å². The van der Waals surface area contributed by atoms with E-state index in [2.05, 4.69) is 5.32 Å². The van der Waals surface area contributed by atoms with Gasteiger partial charge in [0.05, 0.1) is 5.56 Å². The van der Waals surface area contributed by atoms with Crippen LogP contribution in [0.25, 0.3) is 11.0 Å². The number of rotatable bonds is 4. The molecule has 124 valence electrons. The SMILES string of the molecule is O=C(NCC(O)c1c(F)cccc1F)c1cc2cccc(F)c2o1. The molecule has 0 saturated carbocycles. The zero-order valence-electron chi connectivity index (χ0n) is 12.2. The molecule has 1 heterocycles. The van der Waals surface area contributed by atoms with E-state index < -0.39 is 41.6 Å². The summed E-state index contributed by atoms with van der Waals surface area (Å²) in [4.78, 5) is 12.0. The lowest BCUT2D eigenvalue weighted by Gasteiger charge is -2.13. The molecular weight excluding hydrogens is 323 g/mol. The van der Waals surface area contributed by atoms with Crippen molar-refractivity contribution in [3.63, 3.8) is 0 Å². The highest BCUT2D eigenvalue weighted by molar-refractivity contribution is 5.96. The van der Waals surface area contributed by atoms with E-state index >= 15 is 0 Å². The summed E-state index contributed by atoms with van der Waals surface area (Å²) >= 11 is 0. The molecule has 24 heavy (non-hydrogen) atoms. The Balaban J connectivity index is 1.74. The molecule has 0 radical (unpaired) electrons. The Morgan fingerprint density at radius 1 is 1.08 bits per heavy atom. The molecule has 3 aromatic rings. The van der Waals surface area contributed by atoms with E-state index in [-0.39, 0.29) is 11.3 Å². The molecule has 7 heteroatoms. The lowest BCUT2D eigenvalue weighted by atomic mass is 10.1. The number of aliphatic hydroxyl groups is 1. The first-order chi connectivity index (χ1) is 11.5. The largest absolute Gasteiger partial charge is 0.448 e. The van der Waals surface area contributed by atoms with Gasteiger partial charge in [-0.2, -0.15) is 0 Å². The fourth-order valence-electron chi connectivity index (χ4n) is 2.35. The van der Waals surface area contributed by atoms with Gasteiger partial charge in [0.2, 0.25) is 0 Å². The van der Waals surface area contributed by atoms with Gasteiger partial charge < -0.3 is 14.8 Å². The van der Waals surface area contributed by atoms with E-state index in [0.29, 0.717) is 5.39 Å². The number of aliphatic hydroxyl groups excluding tert-OH is 1. The van der Waals surface area contributed by atoms with Crippen LogP contribution in [-0.4, -0.2) is 17.6 Å². The first-order valence-corrected chi connectivity index (χ1v) is 7.05. The summed E-state index contributed by atoms with van der Waals surface area (Å²) in [6, 6.07) is 8.75. The van der Waals surface area contributed by atoms with E-state index in [9.17, 15) is 23.1 Å². The van der Waals surface area contributed by atoms with Gasteiger partial charge >= 0.3 is 0 Å². The molecule has 0 spiro atoms. The van der Waals surface area contributed by atoms with Gasteiger partial charge in [0.15, 0.2) is 17.2 Å². The van der Waals surface area contributed by atoms with Crippen molar-refractivity contribution in [3.8, 4) is 0 Å². The molecule has 1 atom stereocenters. The molecule has 4 nitrogen and oxygen atoms in total. The van der Waals surface area contributed by atoms with Crippen molar-refractivity contribution in [2.45, 2.75) is 6.10 Å². The lowest BCUT2D eigenvalue weighted by molar-refractivity contribution is 0.0886. The third kappa shape index (κ3) is 2.98. The molecule has 0 bridgehead atoms. The van der Waals surface area contributed by atoms with Gasteiger partial charge in [-0.1, -0.05) is 18.2 Å². The number of nitrogens with one attached hydrogen (secondary N) is 1. The summed E-state index contributed by atoms with van der Waals surface area (Å²) in [5, 5.41) is 12.6. The molecule has 2 N–H and O–H groups in total. The van der Waals surface area contributed by atoms with Crippen molar-refractivity contribution in [2.24, 2.45) is 0 Å². The second kappa shape index (κ2) is 6.37. The number of hydrogen-bond acceptors (Lipinski definition) is 3. The van der Waals surface area contributed by atoms with Crippen LogP contribution in [-0.2, 0) is 0 Å². The zero-order chi connectivity index (χ0) is 17.3. The second-order valence-corrected chi connectivity index (χ2v) is 5.13.